The van der Waals surface area contributed by atoms with Gasteiger partial charge in [-0.15, -0.1) is 0 Å². The van der Waals surface area contributed by atoms with Gasteiger partial charge < -0.3 is 5.32 Å². The summed E-state index contributed by atoms with van der Waals surface area (Å²) in [5.41, 5.74) is 2.72. The second kappa shape index (κ2) is 7.29. The van der Waals surface area contributed by atoms with Crippen molar-refractivity contribution in [3.63, 3.8) is 0 Å². The first-order valence-corrected chi connectivity index (χ1v) is 9.15. The van der Waals surface area contributed by atoms with E-state index in [9.17, 15) is 18.0 Å². The lowest BCUT2D eigenvalue weighted by molar-refractivity contribution is 0.102. The number of anilines is 1. The molecule has 0 unspecified atom stereocenters. The molecule has 0 atom stereocenters. The Balaban J connectivity index is 1.77. The number of fused-ring (bicyclic) bond motifs is 1. The SMILES string of the molecule is Cc1cc(NC(=O)c2ccc(F)c(F)c2F)n(-c2cc(C)c3cccc(C)c3n2)n1. The van der Waals surface area contributed by atoms with Crippen LogP contribution >= 0.6 is 0 Å². The van der Waals surface area contributed by atoms with E-state index in [2.05, 4.69) is 15.4 Å². The van der Waals surface area contributed by atoms with Crippen LogP contribution in [-0.4, -0.2) is 20.7 Å². The fraction of sp³-hybridized carbons (Fsp3) is 0.136. The van der Waals surface area contributed by atoms with Crippen molar-refractivity contribution in [2.45, 2.75) is 20.8 Å². The first-order chi connectivity index (χ1) is 14.3. The molecule has 0 radical (unpaired) electrons. The molecule has 0 aliphatic carbocycles. The van der Waals surface area contributed by atoms with E-state index in [4.69, 9.17) is 0 Å². The number of hydrogen-bond donors (Lipinski definition) is 1. The van der Waals surface area contributed by atoms with E-state index in [1.54, 1.807) is 13.0 Å². The van der Waals surface area contributed by atoms with Crippen LogP contribution in [0.4, 0.5) is 19.0 Å². The van der Waals surface area contributed by atoms with E-state index in [-0.39, 0.29) is 5.82 Å². The lowest BCUT2D eigenvalue weighted by Crippen LogP contribution is -2.18. The molecule has 0 saturated carbocycles. The molecule has 1 N–H and O–H groups in total. The largest absolute Gasteiger partial charge is 0.306 e. The van der Waals surface area contributed by atoms with Crippen molar-refractivity contribution in [1.29, 1.82) is 0 Å². The van der Waals surface area contributed by atoms with Crippen molar-refractivity contribution < 1.29 is 18.0 Å². The van der Waals surface area contributed by atoms with Gasteiger partial charge in [0.05, 0.1) is 16.8 Å². The van der Waals surface area contributed by atoms with E-state index in [0.29, 0.717) is 17.6 Å². The van der Waals surface area contributed by atoms with Gasteiger partial charge in [0, 0.05) is 11.5 Å². The number of nitrogens with one attached hydrogen (secondary N) is 1. The summed E-state index contributed by atoms with van der Waals surface area (Å²) in [6.45, 7) is 5.61. The summed E-state index contributed by atoms with van der Waals surface area (Å²) in [5, 5.41) is 7.88. The Morgan fingerprint density at radius 1 is 0.967 bits per heavy atom. The Labute approximate surface area is 170 Å². The van der Waals surface area contributed by atoms with Crippen molar-refractivity contribution in [3.05, 3.63) is 82.3 Å². The van der Waals surface area contributed by atoms with Gasteiger partial charge in [0.25, 0.3) is 5.91 Å². The van der Waals surface area contributed by atoms with Crippen LogP contribution in [0.2, 0.25) is 0 Å². The second-order valence-electron chi connectivity index (χ2n) is 7.03. The van der Waals surface area contributed by atoms with Gasteiger partial charge in [-0.1, -0.05) is 18.2 Å². The number of amides is 1. The standard InChI is InChI=1S/C22H17F3N4O/c1-11-5-4-6-14-12(2)9-17(26-21(11)14)29-18(10-13(3)28-29)27-22(30)15-7-8-16(23)20(25)19(15)24/h4-10H,1-3H3,(H,27,30). The molecule has 0 spiro atoms. The van der Waals surface area contributed by atoms with Crippen LogP contribution in [0.15, 0.2) is 42.5 Å². The minimum Gasteiger partial charge on any atom is -0.306 e. The summed E-state index contributed by atoms with van der Waals surface area (Å²) in [4.78, 5) is 17.2. The first kappa shape index (κ1) is 19.6. The third-order valence-corrected chi connectivity index (χ3v) is 4.80. The van der Waals surface area contributed by atoms with Crippen LogP contribution < -0.4 is 5.32 Å². The number of carbonyl (C=O) groups is 1. The predicted molar refractivity (Wildman–Crippen MR) is 107 cm³/mol. The zero-order valence-corrected chi connectivity index (χ0v) is 16.4. The summed E-state index contributed by atoms with van der Waals surface area (Å²) in [5.74, 6) is -4.86. The van der Waals surface area contributed by atoms with Crippen LogP contribution in [0.5, 0.6) is 0 Å². The maximum Gasteiger partial charge on any atom is 0.259 e. The number of aryl methyl sites for hydroxylation is 3. The van der Waals surface area contributed by atoms with E-state index in [1.807, 2.05) is 38.1 Å². The lowest BCUT2D eigenvalue weighted by atomic mass is 10.1. The number of benzene rings is 2. The number of halogens is 3. The number of carbonyl (C=O) groups excluding carboxylic acids is 1. The van der Waals surface area contributed by atoms with Crippen LogP contribution in [-0.2, 0) is 0 Å². The van der Waals surface area contributed by atoms with Crippen LogP contribution in [0.1, 0.15) is 27.2 Å². The molecule has 152 valence electrons. The van der Waals surface area contributed by atoms with Gasteiger partial charge in [-0.05, 0) is 50.1 Å². The summed E-state index contributed by atoms with van der Waals surface area (Å²) >= 11 is 0. The summed E-state index contributed by atoms with van der Waals surface area (Å²) < 4.78 is 42.1. The summed E-state index contributed by atoms with van der Waals surface area (Å²) in [6.07, 6.45) is 0. The normalized spacial score (nSPS) is 11.1. The topological polar surface area (TPSA) is 59.8 Å². The monoisotopic (exact) mass is 410 g/mol. The van der Waals surface area contributed by atoms with E-state index < -0.39 is 28.9 Å². The van der Waals surface area contributed by atoms with Gasteiger partial charge in [0.15, 0.2) is 23.3 Å². The highest BCUT2D eigenvalue weighted by Crippen LogP contribution is 2.25. The molecule has 0 saturated heterocycles. The highest BCUT2D eigenvalue weighted by Gasteiger charge is 2.21. The maximum absolute atomic E-state index is 14.0. The Hall–Kier alpha value is -3.68. The Morgan fingerprint density at radius 2 is 1.73 bits per heavy atom. The smallest absolute Gasteiger partial charge is 0.259 e. The number of nitrogens with zero attached hydrogens (tertiary/aromatic N) is 3. The number of para-hydroxylation sites is 1. The van der Waals surface area contributed by atoms with E-state index >= 15 is 0 Å². The first-order valence-electron chi connectivity index (χ1n) is 9.15. The van der Waals surface area contributed by atoms with Gasteiger partial charge in [-0.25, -0.2) is 18.2 Å². The van der Waals surface area contributed by atoms with Crippen molar-refractivity contribution >= 4 is 22.6 Å². The quantitative estimate of drug-likeness (QED) is 0.483. The average Bonchev–Trinajstić information content (AvgIpc) is 3.07. The summed E-state index contributed by atoms with van der Waals surface area (Å²) in [7, 11) is 0. The number of hydrogen-bond acceptors (Lipinski definition) is 3. The molecule has 1 amide bonds. The maximum atomic E-state index is 14.0. The van der Waals surface area contributed by atoms with Gasteiger partial charge >= 0.3 is 0 Å². The zero-order valence-electron chi connectivity index (χ0n) is 16.4. The zero-order chi connectivity index (χ0) is 21.6. The fourth-order valence-corrected chi connectivity index (χ4v) is 3.30. The van der Waals surface area contributed by atoms with Crippen molar-refractivity contribution in [2.24, 2.45) is 0 Å². The molecule has 30 heavy (non-hydrogen) atoms. The van der Waals surface area contributed by atoms with Gasteiger partial charge in [0.1, 0.15) is 5.82 Å². The van der Waals surface area contributed by atoms with E-state index in [0.717, 1.165) is 28.1 Å². The van der Waals surface area contributed by atoms with Crippen molar-refractivity contribution in [1.82, 2.24) is 14.8 Å². The third-order valence-electron chi connectivity index (χ3n) is 4.80. The Kier molecular flexibility index (Phi) is 4.77. The molecule has 4 rings (SSSR count). The molecule has 2 aromatic heterocycles. The Bertz CT molecular complexity index is 1310. The molecule has 8 heteroatoms. The Morgan fingerprint density at radius 3 is 2.50 bits per heavy atom. The molecule has 0 bridgehead atoms. The predicted octanol–water partition coefficient (Wildman–Crippen LogP) is 5.02. The van der Waals surface area contributed by atoms with Crippen LogP contribution in [0.3, 0.4) is 0 Å². The highest BCUT2D eigenvalue weighted by molar-refractivity contribution is 6.04. The van der Waals surface area contributed by atoms with E-state index in [1.165, 1.54) is 4.68 Å². The summed E-state index contributed by atoms with van der Waals surface area (Å²) in [6, 6.07) is 10.9. The fourth-order valence-electron chi connectivity index (χ4n) is 3.30. The molecule has 4 aromatic rings. The van der Waals surface area contributed by atoms with Crippen LogP contribution in [0, 0.1) is 38.2 Å². The molecular formula is C22H17F3N4O. The molecule has 0 fully saturated rings. The lowest BCUT2D eigenvalue weighted by Gasteiger charge is -2.12. The molecule has 0 aliphatic rings. The molecule has 0 aliphatic heterocycles. The molecule has 2 aromatic carbocycles. The minimum absolute atomic E-state index is 0.224. The minimum atomic E-state index is -1.70. The number of pyridine rings is 1. The van der Waals surface area contributed by atoms with Gasteiger partial charge in [-0.2, -0.15) is 9.78 Å². The van der Waals surface area contributed by atoms with Gasteiger partial charge in [0.2, 0.25) is 0 Å². The molecule has 2 heterocycles. The van der Waals surface area contributed by atoms with Crippen LogP contribution in [0.25, 0.3) is 16.7 Å². The van der Waals surface area contributed by atoms with Gasteiger partial charge in [-0.3, -0.25) is 4.79 Å². The molecular weight excluding hydrogens is 393 g/mol. The van der Waals surface area contributed by atoms with Crippen molar-refractivity contribution in [3.8, 4) is 5.82 Å². The average molecular weight is 410 g/mol. The molecule has 5 nitrogen and oxygen atoms in total. The number of aromatic nitrogens is 3. The number of rotatable bonds is 3. The highest BCUT2D eigenvalue weighted by atomic mass is 19.2. The third kappa shape index (κ3) is 3.30. The second-order valence-corrected chi connectivity index (χ2v) is 7.03. The van der Waals surface area contributed by atoms with Crippen molar-refractivity contribution in [2.75, 3.05) is 5.32 Å².